The van der Waals surface area contributed by atoms with Crippen LogP contribution in [-0.2, 0) is 29.7 Å². The molecule has 0 unspecified atom stereocenters. The Kier molecular flexibility index (Phi) is 10.1. The average Bonchev–Trinajstić information content (AvgIpc) is 2.93. The normalized spacial score (nSPS) is 10.4. The number of nitrogens with two attached hydrogens (primary N) is 1. The van der Waals surface area contributed by atoms with Crippen LogP contribution < -0.4 is 10.8 Å². The van der Waals surface area contributed by atoms with Crippen molar-refractivity contribution in [2.75, 3.05) is 0 Å². The number of para-hydroxylation sites is 1. The van der Waals surface area contributed by atoms with E-state index in [4.69, 9.17) is 5.73 Å². The van der Waals surface area contributed by atoms with Gasteiger partial charge in [0.25, 0.3) is 0 Å². The fourth-order valence-electron chi connectivity index (χ4n) is 1.09. The van der Waals surface area contributed by atoms with E-state index in [0.717, 1.165) is 4.88 Å². The van der Waals surface area contributed by atoms with Gasteiger partial charge in [0.1, 0.15) is 6.29 Å². The zero-order valence-electron chi connectivity index (χ0n) is 10.6. The summed E-state index contributed by atoms with van der Waals surface area (Å²) in [6.07, 6.45) is 2.17. The van der Waals surface area contributed by atoms with E-state index in [0.29, 0.717) is 6.29 Å². The van der Waals surface area contributed by atoms with Crippen molar-refractivity contribution in [3.05, 3.63) is 52.2 Å². The van der Waals surface area contributed by atoms with Gasteiger partial charge in [0.2, 0.25) is 0 Å². The Morgan fingerprint density at radius 3 is 2.48 bits per heavy atom. The van der Waals surface area contributed by atoms with E-state index < -0.39 is 0 Å². The van der Waals surface area contributed by atoms with Crippen LogP contribution in [-0.4, -0.2) is 17.7 Å². The first-order valence-electron chi connectivity index (χ1n) is 5.41. The van der Waals surface area contributed by atoms with Crippen molar-refractivity contribution < 1.29 is 27.0 Å². The number of nitrogens with zero attached hydrogens (tertiary/aromatic N) is 2. The molecule has 0 amide bonds. The Labute approximate surface area is 142 Å². The van der Waals surface area contributed by atoms with Gasteiger partial charge < -0.3 is 23.5 Å². The number of amidine groups is 1. The molecule has 0 aliphatic rings. The topological polar surface area (TPSA) is 90.9 Å². The van der Waals surface area contributed by atoms with Crippen LogP contribution in [0.4, 0.5) is 0 Å². The largest absolute Gasteiger partial charge is 2.00 e. The van der Waals surface area contributed by atoms with Crippen molar-refractivity contribution in [2.45, 2.75) is 0 Å². The first-order valence-corrected chi connectivity index (χ1v) is 6.70. The Bertz CT molecular complexity index is 597. The van der Waals surface area contributed by atoms with Crippen molar-refractivity contribution in [1.29, 1.82) is 0 Å². The van der Waals surface area contributed by atoms with Gasteiger partial charge in [-0.1, -0.05) is 36.1 Å². The van der Waals surface area contributed by atoms with Crippen molar-refractivity contribution in [3.8, 4) is 5.75 Å². The Balaban J connectivity index is 0.000000370. The molecule has 0 fully saturated rings. The number of hydrogen-bond donors (Lipinski definition) is 1. The SMILES string of the molecule is N/C([S-])=N\N=C\c1cccs1.O=Cc1ccccc1[O-].[Cu+2]. The third-order valence-corrected chi connectivity index (χ3v) is 2.82. The molecular formula is C13H11CuN3O2S2. The predicted molar refractivity (Wildman–Crippen MR) is 82.2 cm³/mol. The van der Waals surface area contributed by atoms with Crippen LogP contribution in [0.1, 0.15) is 15.2 Å². The molecule has 0 bridgehead atoms. The third-order valence-electron chi connectivity index (χ3n) is 1.93. The third kappa shape index (κ3) is 8.21. The average molecular weight is 369 g/mol. The number of hydrogen-bond acceptors (Lipinski definition) is 6. The minimum Gasteiger partial charge on any atom is -0.872 e. The molecule has 1 heterocycles. The maximum atomic E-state index is 10.6. The summed E-state index contributed by atoms with van der Waals surface area (Å²) in [7, 11) is 0. The molecule has 1 aromatic carbocycles. The van der Waals surface area contributed by atoms with E-state index >= 15 is 0 Å². The first-order chi connectivity index (χ1) is 9.63. The summed E-state index contributed by atoms with van der Waals surface area (Å²) in [4.78, 5) is 11.1. The van der Waals surface area contributed by atoms with E-state index in [1.165, 1.54) is 12.1 Å². The maximum Gasteiger partial charge on any atom is 2.00 e. The number of carbonyl (C=O) groups is 1. The van der Waals surface area contributed by atoms with Crippen molar-refractivity contribution in [1.82, 2.24) is 0 Å². The van der Waals surface area contributed by atoms with Gasteiger partial charge in [0.05, 0.1) is 6.21 Å². The van der Waals surface area contributed by atoms with Crippen molar-refractivity contribution in [3.63, 3.8) is 0 Å². The van der Waals surface area contributed by atoms with Crippen LogP contribution in [0.5, 0.6) is 5.75 Å². The molecule has 1 aromatic heterocycles. The number of carbonyl (C=O) groups excluding carboxylic acids is 1. The van der Waals surface area contributed by atoms with E-state index in [-0.39, 0.29) is 33.5 Å². The quantitative estimate of drug-likeness (QED) is 0.222. The molecule has 0 saturated heterocycles. The number of aldehydes is 1. The monoisotopic (exact) mass is 368 g/mol. The Morgan fingerprint density at radius 2 is 2.00 bits per heavy atom. The maximum absolute atomic E-state index is 10.6. The van der Waals surface area contributed by atoms with E-state index in [1.54, 1.807) is 29.7 Å². The van der Waals surface area contributed by atoms with Gasteiger partial charge in [-0.2, -0.15) is 10.2 Å². The second-order valence-corrected chi connectivity index (χ2v) is 4.75. The molecule has 2 aromatic rings. The Morgan fingerprint density at radius 1 is 1.29 bits per heavy atom. The molecular weight excluding hydrogens is 358 g/mol. The van der Waals surface area contributed by atoms with Gasteiger partial charge in [-0.25, -0.2) is 0 Å². The molecule has 2 rings (SSSR count). The van der Waals surface area contributed by atoms with Gasteiger partial charge in [-0.05, 0) is 16.6 Å². The number of thiophene rings is 1. The standard InChI is InChI=1S/C7H6O2.C6H7N3S2.Cu/c8-5-6-3-1-2-4-7(6)9;7-6(10)9-8-4-5-2-1-3-11-5;/h1-5,9H;1-4H,(H3,7,9,10);/q;;+2/p-2/b;8-4+;. The molecule has 113 valence electrons. The van der Waals surface area contributed by atoms with Crippen LogP contribution in [0.2, 0.25) is 0 Å². The minimum absolute atomic E-state index is 0. The van der Waals surface area contributed by atoms with Gasteiger partial charge in [0.15, 0.2) is 0 Å². The fraction of sp³-hybridized carbons (Fsp3) is 0. The molecule has 1 radical (unpaired) electrons. The minimum atomic E-state index is -0.215. The molecule has 8 heteroatoms. The van der Waals surface area contributed by atoms with E-state index in [9.17, 15) is 9.90 Å². The van der Waals surface area contributed by atoms with Gasteiger partial charge >= 0.3 is 17.1 Å². The van der Waals surface area contributed by atoms with Crippen LogP contribution >= 0.6 is 11.3 Å². The fourth-order valence-corrected chi connectivity index (χ4v) is 1.71. The summed E-state index contributed by atoms with van der Waals surface area (Å²) >= 11 is 6.07. The Hall–Kier alpha value is -1.73. The molecule has 0 aliphatic heterocycles. The van der Waals surface area contributed by atoms with Crippen LogP contribution in [0, 0.1) is 0 Å². The summed E-state index contributed by atoms with van der Waals surface area (Å²) in [6.45, 7) is 0. The summed E-state index contributed by atoms with van der Waals surface area (Å²) in [5.74, 6) is -0.215. The second kappa shape index (κ2) is 11.0. The van der Waals surface area contributed by atoms with Crippen LogP contribution in [0.3, 0.4) is 0 Å². The van der Waals surface area contributed by atoms with E-state index in [2.05, 4.69) is 22.8 Å². The molecule has 5 nitrogen and oxygen atoms in total. The van der Waals surface area contributed by atoms with Gasteiger partial charge in [0, 0.05) is 10.4 Å². The molecule has 0 aliphatic carbocycles. The van der Waals surface area contributed by atoms with Crippen molar-refractivity contribution in [2.24, 2.45) is 15.9 Å². The summed E-state index contributed by atoms with van der Waals surface area (Å²) in [5, 5.41) is 19.8. The molecule has 2 N–H and O–H groups in total. The summed E-state index contributed by atoms with van der Waals surface area (Å²) in [5.41, 5.74) is 5.31. The summed E-state index contributed by atoms with van der Waals surface area (Å²) < 4.78 is 0. The number of rotatable bonds is 3. The van der Waals surface area contributed by atoms with E-state index in [1.807, 2.05) is 17.5 Å². The molecule has 0 saturated carbocycles. The predicted octanol–water partition coefficient (Wildman–Crippen LogP) is 1.51. The van der Waals surface area contributed by atoms with Crippen LogP contribution in [0.15, 0.2) is 52.0 Å². The van der Waals surface area contributed by atoms with Crippen LogP contribution in [0.25, 0.3) is 0 Å². The van der Waals surface area contributed by atoms with Gasteiger partial charge in [-0.15, -0.1) is 11.3 Å². The molecule has 21 heavy (non-hydrogen) atoms. The zero-order valence-corrected chi connectivity index (χ0v) is 13.2. The first kappa shape index (κ1) is 19.3. The number of benzene rings is 1. The molecule has 0 spiro atoms. The summed E-state index contributed by atoms with van der Waals surface area (Å²) in [6, 6.07) is 10.00. The zero-order chi connectivity index (χ0) is 14.8. The van der Waals surface area contributed by atoms with Crippen molar-refractivity contribution >= 4 is 41.6 Å². The second-order valence-electron chi connectivity index (χ2n) is 3.35. The van der Waals surface area contributed by atoms with Gasteiger partial charge in [-0.3, -0.25) is 4.79 Å². The molecule has 0 atom stereocenters. The smallest absolute Gasteiger partial charge is 0.872 e.